The molecule has 1 aromatic carbocycles. The van der Waals surface area contributed by atoms with E-state index in [1.165, 1.54) is 16.1 Å². The van der Waals surface area contributed by atoms with Crippen molar-refractivity contribution in [2.45, 2.75) is 30.3 Å². The number of pyridine rings is 1. The number of rotatable bonds is 6. The van der Waals surface area contributed by atoms with Gasteiger partial charge in [-0.05, 0) is 30.5 Å². The van der Waals surface area contributed by atoms with Gasteiger partial charge in [-0.2, -0.15) is 4.31 Å². The van der Waals surface area contributed by atoms with Crippen molar-refractivity contribution < 1.29 is 13.2 Å². The fourth-order valence-electron chi connectivity index (χ4n) is 3.19. The fraction of sp³-hybridized carbons (Fsp3) is 0.421. The maximum atomic E-state index is 12.7. The third kappa shape index (κ3) is 3.75. The number of benzene rings is 1. The van der Waals surface area contributed by atoms with Gasteiger partial charge in [0.05, 0.1) is 13.2 Å². The van der Waals surface area contributed by atoms with E-state index in [-0.39, 0.29) is 4.90 Å². The molecule has 0 spiro atoms. The summed E-state index contributed by atoms with van der Waals surface area (Å²) in [5.41, 5.74) is 1.23. The van der Waals surface area contributed by atoms with E-state index in [1.807, 2.05) is 24.3 Å². The molecular formula is C19H23N3O3S. The molecule has 0 bridgehead atoms. The Morgan fingerprint density at radius 1 is 1.08 bits per heavy atom. The maximum Gasteiger partial charge on any atom is 0.244 e. The first-order chi connectivity index (χ1) is 12.6. The molecule has 1 saturated carbocycles. The van der Waals surface area contributed by atoms with Crippen molar-refractivity contribution >= 4 is 15.8 Å². The lowest BCUT2D eigenvalue weighted by Crippen LogP contribution is -2.40. The average molecular weight is 373 g/mol. The highest BCUT2D eigenvalue weighted by Crippen LogP contribution is 2.32. The Morgan fingerprint density at radius 2 is 1.81 bits per heavy atom. The van der Waals surface area contributed by atoms with Crippen LogP contribution in [0.2, 0.25) is 0 Å². The summed E-state index contributed by atoms with van der Waals surface area (Å²) in [6.45, 7) is 2.46. The molecule has 7 heteroatoms. The highest BCUT2D eigenvalue weighted by Gasteiger charge is 2.31. The van der Waals surface area contributed by atoms with Gasteiger partial charge in [0, 0.05) is 31.9 Å². The van der Waals surface area contributed by atoms with Crippen LogP contribution in [0.3, 0.4) is 0 Å². The van der Waals surface area contributed by atoms with Crippen LogP contribution in [0, 0.1) is 0 Å². The molecule has 0 unspecified atom stereocenters. The Morgan fingerprint density at radius 3 is 2.42 bits per heavy atom. The van der Waals surface area contributed by atoms with Gasteiger partial charge >= 0.3 is 0 Å². The number of nitrogens with zero attached hydrogens (tertiary/aromatic N) is 3. The van der Waals surface area contributed by atoms with Gasteiger partial charge in [0.15, 0.2) is 0 Å². The molecule has 1 aliphatic carbocycles. The van der Waals surface area contributed by atoms with Gasteiger partial charge in [-0.15, -0.1) is 0 Å². The van der Waals surface area contributed by atoms with Crippen molar-refractivity contribution in [2.75, 3.05) is 31.2 Å². The van der Waals surface area contributed by atoms with Gasteiger partial charge < -0.3 is 9.64 Å². The highest BCUT2D eigenvalue weighted by molar-refractivity contribution is 7.89. The van der Waals surface area contributed by atoms with E-state index in [9.17, 15) is 8.42 Å². The lowest BCUT2D eigenvalue weighted by molar-refractivity contribution is 0.0730. The highest BCUT2D eigenvalue weighted by atomic mass is 32.2. The molecule has 4 rings (SSSR count). The average Bonchev–Trinajstić information content (AvgIpc) is 3.53. The van der Waals surface area contributed by atoms with E-state index in [0.717, 1.165) is 25.2 Å². The molecule has 1 saturated heterocycles. The molecule has 1 aliphatic heterocycles. The van der Waals surface area contributed by atoms with E-state index < -0.39 is 10.0 Å². The smallest absolute Gasteiger partial charge is 0.244 e. The Balaban J connectivity index is 1.54. The van der Waals surface area contributed by atoms with E-state index >= 15 is 0 Å². The summed E-state index contributed by atoms with van der Waals surface area (Å²) in [6.07, 6.45) is 3.80. The zero-order valence-electron chi connectivity index (χ0n) is 14.6. The van der Waals surface area contributed by atoms with Crippen LogP contribution >= 0.6 is 0 Å². The predicted octanol–water partition coefficient (Wildman–Crippen LogP) is 2.27. The Kier molecular flexibility index (Phi) is 4.93. The van der Waals surface area contributed by atoms with Gasteiger partial charge in [-0.25, -0.2) is 13.4 Å². The molecule has 2 aliphatic rings. The largest absolute Gasteiger partial charge is 0.379 e. The third-order valence-corrected chi connectivity index (χ3v) is 6.69. The summed E-state index contributed by atoms with van der Waals surface area (Å²) in [5.74, 6) is 0.831. The van der Waals surface area contributed by atoms with Crippen LogP contribution < -0.4 is 4.90 Å². The van der Waals surface area contributed by atoms with Gasteiger partial charge in [0.2, 0.25) is 10.0 Å². The van der Waals surface area contributed by atoms with E-state index in [0.29, 0.717) is 32.3 Å². The van der Waals surface area contributed by atoms with Crippen molar-refractivity contribution in [3.05, 3.63) is 54.2 Å². The minimum atomic E-state index is -3.50. The minimum Gasteiger partial charge on any atom is -0.379 e. The Bertz CT molecular complexity index is 830. The second kappa shape index (κ2) is 7.34. The van der Waals surface area contributed by atoms with Crippen LogP contribution in [0.1, 0.15) is 18.4 Å². The molecule has 1 aromatic heterocycles. The number of hydrogen-bond acceptors (Lipinski definition) is 5. The van der Waals surface area contributed by atoms with Crippen LogP contribution in [0.25, 0.3) is 0 Å². The zero-order chi connectivity index (χ0) is 18.0. The van der Waals surface area contributed by atoms with Crippen LogP contribution in [0.5, 0.6) is 0 Å². The summed E-state index contributed by atoms with van der Waals surface area (Å²) in [5, 5.41) is 0. The first kappa shape index (κ1) is 17.5. The summed E-state index contributed by atoms with van der Waals surface area (Å²) >= 11 is 0. The maximum absolute atomic E-state index is 12.7. The van der Waals surface area contributed by atoms with E-state index in [4.69, 9.17) is 4.74 Å². The van der Waals surface area contributed by atoms with Crippen LogP contribution in [-0.2, 0) is 21.3 Å². The Labute approximate surface area is 154 Å². The summed E-state index contributed by atoms with van der Waals surface area (Å²) in [4.78, 5) is 7.00. The van der Waals surface area contributed by atoms with Gasteiger partial charge in [0.1, 0.15) is 10.7 Å². The number of morpholine rings is 1. The van der Waals surface area contributed by atoms with Crippen LogP contribution in [0.15, 0.2) is 53.6 Å². The van der Waals surface area contributed by atoms with Crippen molar-refractivity contribution in [1.82, 2.24) is 9.29 Å². The molecule has 0 radical (unpaired) electrons. The molecule has 0 atom stereocenters. The Hall–Kier alpha value is -1.96. The van der Waals surface area contributed by atoms with Gasteiger partial charge in [-0.3, -0.25) is 0 Å². The SMILES string of the molecule is O=S(=O)(c1ccc(N(Cc2ccccc2)C2CC2)nc1)N1CCOCC1. The van der Waals surface area contributed by atoms with E-state index in [1.54, 1.807) is 6.07 Å². The normalized spacial score (nSPS) is 18.6. The number of hydrogen-bond donors (Lipinski definition) is 0. The lowest BCUT2D eigenvalue weighted by Gasteiger charge is -2.27. The van der Waals surface area contributed by atoms with Crippen molar-refractivity contribution in [3.63, 3.8) is 0 Å². The molecule has 138 valence electrons. The molecule has 26 heavy (non-hydrogen) atoms. The number of aromatic nitrogens is 1. The van der Waals surface area contributed by atoms with Crippen molar-refractivity contribution in [3.8, 4) is 0 Å². The first-order valence-electron chi connectivity index (χ1n) is 8.99. The molecule has 2 heterocycles. The summed E-state index contributed by atoms with van der Waals surface area (Å²) in [6, 6.07) is 14.3. The fourth-order valence-corrected chi connectivity index (χ4v) is 4.55. The molecule has 2 aromatic rings. The topological polar surface area (TPSA) is 62.7 Å². The summed E-state index contributed by atoms with van der Waals surface area (Å²) < 4.78 is 32.2. The van der Waals surface area contributed by atoms with Gasteiger partial charge in [-0.1, -0.05) is 30.3 Å². The summed E-state index contributed by atoms with van der Waals surface area (Å²) in [7, 11) is -3.50. The second-order valence-corrected chi connectivity index (χ2v) is 8.65. The minimum absolute atomic E-state index is 0.249. The third-order valence-electron chi connectivity index (χ3n) is 4.81. The molecule has 6 nitrogen and oxygen atoms in total. The monoisotopic (exact) mass is 373 g/mol. The zero-order valence-corrected chi connectivity index (χ0v) is 15.4. The molecule has 0 N–H and O–H groups in total. The molecule has 0 amide bonds. The van der Waals surface area contributed by atoms with Crippen LogP contribution in [-0.4, -0.2) is 50.1 Å². The lowest BCUT2D eigenvalue weighted by atomic mass is 10.2. The van der Waals surface area contributed by atoms with Crippen molar-refractivity contribution in [2.24, 2.45) is 0 Å². The van der Waals surface area contributed by atoms with Crippen LogP contribution in [0.4, 0.5) is 5.82 Å². The number of sulfonamides is 1. The van der Waals surface area contributed by atoms with Gasteiger partial charge in [0.25, 0.3) is 0 Å². The predicted molar refractivity (Wildman–Crippen MR) is 99.5 cm³/mol. The number of ether oxygens (including phenoxy) is 1. The number of anilines is 1. The first-order valence-corrected chi connectivity index (χ1v) is 10.4. The van der Waals surface area contributed by atoms with E-state index in [2.05, 4.69) is 22.0 Å². The van der Waals surface area contributed by atoms with Crippen molar-refractivity contribution in [1.29, 1.82) is 0 Å². The standard InChI is InChI=1S/C19H23N3O3S/c23-26(24,21-10-12-25-13-11-21)18-8-9-19(20-14-18)22(17-6-7-17)15-16-4-2-1-3-5-16/h1-5,8-9,14,17H,6-7,10-13,15H2. The molecular weight excluding hydrogens is 350 g/mol. The molecule has 2 fully saturated rings. The quantitative estimate of drug-likeness (QED) is 0.777. The second-order valence-electron chi connectivity index (χ2n) is 6.71.